The van der Waals surface area contributed by atoms with Gasteiger partial charge in [-0.25, -0.2) is 4.98 Å². The number of thiazole rings is 1. The molecule has 2 nitrogen and oxygen atoms in total. The van der Waals surface area contributed by atoms with Crippen LogP contribution in [-0.2, 0) is 12.0 Å². The fraction of sp³-hybridized carbons (Fsp3) is 0.500. The molecule has 1 aliphatic carbocycles. The monoisotopic (exact) mass is 300 g/mol. The molecule has 0 saturated heterocycles. The maximum absolute atomic E-state index is 6.66. The van der Waals surface area contributed by atoms with Crippen LogP contribution in [0.4, 0.5) is 0 Å². The van der Waals surface area contributed by atoms with Crippen LogP contribution in [0.25, 0.3) is 11.3 Å². The molecule has 1 aromatic carbocycles. The van der Waals surface area contributed by atoms with E-state index < -0.39 is 0 Å². The quantitative estimate of drug-likeness (QED) is 0.889. The number of hydrogen-bond acceptors (Lipinski definition) is 3. The molecule has 0 bridgehead atoms. The molecule has 0 radical (unpaired) electrons. The Morgan fingerprint density at radius 1 is 1.33 bits per heavy atom. The second-order valence-electron chi connectivity index (χ2n) is 6.45. The molecule has 1 heterocycles. The summed E-state index contributed by atoms with van der Waals surface area (Å²) in [5.41, 5.74) is 10.1. The molecule has 21 heavy (non-hydrogen) atoms. The zero-order valence-electron chi connectivity index (χ0n) is 12.9. The van der Waals surface area contributed by atoms with Gasteiger partial charge in [-0.2, -0.15) is 0 Å². The molecule has 3 heteroatoms. The third-order valence-corrected chi connectivity index (χ3v) is 5.68. The Morgan fingerprint density at radius 3 is 2.76 bits per heavy atom. The van der Waals surface area contributed by atoms with Crippen molar-refractivity contribution < 1.29 is 0 Å². The van der Waals surface area contributed by atoms with Gasteiger partial charge in [-0.3, -0.25) is 0 Å². The molecule has 1 saturated carbocycles. The zero-order valence-corrected chi connectivity index (χ0v) is 13.7. The maximum Gasteiger partial charge on any atom is 0.113 e. The Kier molecular flexibility index (Phi) is 4.14. The standard InChI is InChI=1S/C18H24N2S/c1-3-14-6-8-15(9-7-14)16-12-21-17(20-16)18(19)10-4-5-13(2)11-18/h6-9,12-13H,3-5,10-11,19H2,1-2H3. The highest BCUT2D eigenvalue weighted by Gasteiger charge is 2.35. The summed E-state index contributed by atoms with van der Waals surface area (Å²) < 4.78 is 0. The number of aryl methyl sites for hydroxylation is 1. The molecule has 2 unspecified atom stereocenters. The molecule has 0 spiro atoms. The average molecular weight is 300 g/mol. The normalized spacial score (nSPS) is 26.0. The molecule has 1 aromatic heterocycles. The van der Waals surface area contributed by atoms with Gasteiger partial charge < -0.3 is 5.73 Å². The maximum atomic E-state index is 6.66. The first-order valence-electron chi connectivity index (χ1n) is 7.95. The van der Waals surface area contributed by atoms with Crippen molar-refractivity contribution in [2.75, 3.05) is 0 Å². The smallest absolute Gasteiger partial charge is 0.113 e. The first-order valence-corrected chi connectivity index (χ1v) is 8.83. The molecule has 2 N–H and O–H groups in total. The van der Waals surface area contributed by atoms with E-state index in [1.54, 1.807) is 11.3 Å². The lowest BCUT2D eigenvalue weighted by molar-refractivity contribution is 0.238. The van der Waals surface area contributed by atoms with Crippen molar-refractivity contribution in [2.24, 2.45) is 11.7 Å². The van der Waals surface area contributed by atoms with Crippen molar-refractivity contribution in [1.82, 2.24) is 4.98 Å². The van der Waals surface area contributed by atoms with Gasteiger partial charge in [-0.1, -0.05) is 51.0 Å². The summed E-state index contributed by atoms with van der Waals surface area (Å²) in [6.07, 6.45) is 5.73. The van der Waals surface area contributed by atoms with Gasteiger partial charge in [0, 0.05) is 10.9 Å². The van der Waals surface area contributed by atoms with E-state index in [4.69, 9.17) is 10.7 Å². The van der Waals surface area contributed by atoms with Crippen LogP contribution in [0.15, 0.2) is 29.6 Å². The van der Waals surface area contributed by atoms with Crippen molar-refractivity contribution in [2.45, 2.75) is 51.5 Å². The van der Waals surface area contributed by atoms with Crippen LogP contribution >= 0.6 is 11.3 Å². The van der Waals surface area contributed by atoms with E-state index in [2.05, 4.69) is 43.5 Å². The minimum absolute atomic E-state index is 0.204. The molecule has 1 fully saturated rings. The van der Waals surface area contributed by atoms with Crippen molar-refractivity contribution in [3.63, 3.8) is 0 Å². The number of nitrogens with zero attached hydrogens (tertiary/aromatic N) is 1. The summed E-state index contributed by atoms with van der Waals surface area (Å²) in [6.45, 7) is 4.48. The Labute approximate surface area is 131 Å². The van der Waals surface area contributed by atoms with Gasteiger partial charge in [-0.15, -0.1) is 11.3 Å². The third kappa shape index (κ3) is 3.04. The van der Waals surface area contributed by atoms with Gasteiger partial charge >= 0.3 is 0 Å². The van der Waals surface area contributed by atoms with E-state index >= 15 is 0 Å². The average Bonchev–Trinajstić information content (AvgIpc) is 2.98. The van der Waals surface area contributed by atoms with Crippen LogP contribution in [-0.4, -0.2) is 4.98 Å². The number of aromatic nitrogens is 1. The summed E-state index contributed by atoms with van der Waals surface area (Å²) in [7, 11) is 0. The largest absolute Gasteiger partial charge is 0.319 e. The minimum Gasteiger partial charge on any atom is -0.319 e. The molecule has 1 aliphatic rings. The molecule has 112 valence electrons. The number of hydrogen-bond donors (Lipinski definition) is 1. The van der Waals surface area contributed by atoms with Crippen LogP contribution in [0.3, 0.4) is 0 Å². The topological polar surface area (TPSA) is 38.9 Å². The Balaban J connectivity index is 1.85. The Bertz CT molecular complexity index is 602. The number of benzene rings is 1. The Hall–Kier alpha value is -1.19. The van der Waals surface area contributed by atoms with Crippen LogP contribution in [0.5, 0.6) is 0 Å². The first-order chi connectivity index (χ1) is 10.1. The summed E-state index contributed by atoms with van der Waals surface area (Å²) in [6, 6.07) is 8.72. The van der Waals surface area contributed by atoms with Crippen molar-refractivity contribution in [3.05, 3.63) is 40.2 Å². The van der Waals surface area contributed by atoms with Gasteiger partial charge in [-0.05, 0) is 30.7 Å². The predicted octanol–water partition coefficient (Wildman–Crippen LogP) is 4.74. The third-order valence-electron chi connectivity index (χ3n) is 4.62. The fourth-order valence-corrected chi connectivity index (χ4v) is 4.32. The first kappa shape index (κ1) is 14.7. The number of nitrogens with two attached hydrogens (primary N) is 1. The highest BCUT2D eigenvalue weighted by molar-refractivity contribution is 7.10. The van der Waals surface area contributed by atoms with Crippen LogP contribution in [0, 0.1) is 5.92 Å². The van der Waals surface area contributed by atoms with E-state index in [-0.39, 0.29) is 5.54 Å². The number of rotatable bonds is 3. The van der Waals surface area contributed by atoms with Crippen molar-refractivity contribution in [3.8, 4) is 11.3 Å². The van der Waals surface area contributed by atoms with E-state index in [0.29, 0.717) is 5.92 Å². The zero-order chi connectivity index (χ0) is 14.9. The molecule has 0 amide bonds. The molecular weight excluding hydrogens is 276 g/mol. The van der Waals surface area contributed by atoms with Gasteiger partial charge in [0.05, 0.1) is 11.2 Å². The molecular formula is C18H24N2S. The highest BCUT2D eigenvalue weighted by Crippen LogP contribution is 2.40. The van der Waals surface area contributed by atoms with Crippen molar-refractivity contribution in [1.29, 1.82) is 0 Å². The molecule has 0 aliphatic heterocycles. The SMILES string of the molecule is CCc1ccc(-c2csc(C3(N)CCCC(C)C3)n2)cc1. The second-order valence-corrected chi connectivity index (χ2v) is 7.30. The lowest BCUT2D eigenvalue weighted by Gasteiger charge is -2.35. The van der Waals surface area contributed by atoms with Gasteiger partial charge in [0.15, 0.2) is 0 Å². The summed E-state index contributed by atoms with van der Waals surface area (Å²) in [5.74, 6) is 0.708. The summed E-state index contributed by atoms with van der Waals surface area (Å²) in [5, 5.41) is 3.27. The highest BCUT2D eigenvalue weighted by atomic mass is 32.1. The van der Waals surface area contributed by atoms with Gasteiger partial charge in [0.1, 0.15) is 5.01 Å². The lowest BCUT2D eigenvalue weighted by Crippen LogP contribution is -2.40. The molecule has 3 rings (SSSR count). The van der Waals surface area contributed by atoms with Crippen LogP contribution < -0.4 is 5.73 Å². The van der Waals surface area contributed by atoms with E-state index in [9.17, 15) is 0 Å². The van der Waals surface area contributed by atoms with Gasteiger partial charge in [0.25, 0.3) is 0 Å². The summed E-state index contributed by atoms with van der Waals surface area (Å²) in [4.78, 5) is 4.86. The van der Waals surface area contributed by atoms with E-state index in [0.717, 1.165) is 30.0 Å². The second kappa shape index (κ2) is 5.90. The fourth-order valence-electron chi connectivity index (χ4n) is 3.33. The molecule has 2 aromatic rings. The minimum atomic E-state index is -0.204. The molecule has 2 atom stereocenters. The van der Waals surface area contributed by atoms with Gasteiger partial charge in [0.2, 0.25) is 0 Å². The van der Waals surface area contributed by atoms with E-state index in [1.165, 1.54) is 24.0 Å². The lowest BCUT2D eigenvalue weighted by atomic mass is 9.77. The van der Waals surface area contributed by atoms with Crippen LogP contribution in [0.2, 0.25) is 0 Å². The van der Waals surface area contributed by atoms with E-state index in [1.807, 2.05) is 0 Å². The predicted molar refractivity (Wildman–Crippen MR) is 90.4 cm³/mol. The summed E-state index contributed by atoms with van der Waals surface area (Å²) >= 11 is 1.73. The van der Waals surface area contributed by atoms with Crippen molar-refractivity contribution >= 4 is 11.3 Å². The Morgan fingerprint density at radius 2 is 2.10 bits per heavy atom. The van der Waals surface area contributed by atoms with Crippen LogP contribution in [0.1, 0.15) is 50.1 Å².